The second kappa shape index (κ2) is 9.50. The second-order valence-corrected chi connectivity index (χ2v) is 9.17. The third-order valence-corrected chi connectivity index (χ3v) is 7.09. The van der Waals surface area contributed by atoms with Gasteiger partial charge in [-0.25, -0.2) is 14.8 Å². The maximum absolute atomic E-state index is 13.8. The van der Waals surface area contributed by atoms with Crippen LogP contribution in [0.4, 0.5) is 5.13 Å². The molecule has 0 saturated heterocycles. The first-order valence-corrected chi connectivity index (χ1v) is 12.0. The van der Waals surface area contributed by atoms with E-state index in [4.69, 9.17) is 14.5 Å². The molecular weight excluding hydrogens is 498 g/mol. The van der Waals surface area contributed by atoms with Crippen molar-refractivity contribution in [1.29, 1.82) is 0 Å². The van der Waals surface area contributed by atoms with Gasteiger partial charge in [-0.15, -0.1) is 0 Å². The summed E-state index contributed by atoms with van der Waals surface area (Å²) in [5, 5.41) is 0.415. The normalized spacial score (nSPS) is 11.2. The van der Waals surface area contributed by atoms with Crippen molar-refractivity contribution in [3.63, 3.8) is 0 Å². The Hall–Kier alpha value is -4.52. The number of hydrogen-bond donors (Lipinski definition) is 0. The van der Waals surface area contributed by atoms with Crippen LogP contribution in [0.2, 0.25) is 0 Å². The molecule has 0 atom stereocenters. The van der Waals surface area contributed by atoms with Crippen molar-refractivity contribution in [3.8, 4) is 11.5 Å². The molecule has 1 amide bonds. The highest BCUT2D eigenvalue weighted by Gasteiger charge is 2.25. The molecule has 0 unspecified atom stereocenters. The molecule has 0 fully saturated rings. The number of rotatable bonds is 7. The summed E-state index contributed by atoms with van der Waals surface area (Å²) in [6.45, 7) is -0.0613. The number of thiazole rings is 1. The first-order chi connectivity index (χ1) is 17.8. The van der Waals surface area contributed by atoms with E-state index in [-0.39, 0.29) is 30.2 Å². The molecule has 190 valence electrons. The zero-order valence-corrected chi connectivity index (χ0v) is 21.4. The quantitative estimate of drug-likeness (QED) is 0.317. The lowest BCUT2D eigenvalue weighted by atomic mass is 10.3. The number of anilines is 1. The van der Waals surface area contributed by atoms with Crippen molar-refractivity contribution >= 4 is 43.8 Å². The summed E-state index contributed by atoms with van der Waals surface area (Å²) in [6.07, 6.45) is 3.03. The highest BCUT2D eigenvalue weighted by molar-refractivity contribution is 7.22. The third kappa shape index (κ3) is 4.12. The van der Waals surface area contributed by atoms with Gasteiger partial charge in [0.15, 0.2) is 16.3 Å². The fourth-order valence-corrected chi connectivity index (χ4v) is 5.14. The van der Waals surface area contributed by atoms with Crippen LogP contribution < -0.4 is 25.6 Å². The number of ether oxygens (including phenoxy) is 2. The lowest BCUT2D eigenvalue weighted by Crippen LogP contribution is -2.38. The molecule has 4 aromatic heterocycles. The smallest absolute Gasteiger partial charge is 0.332 e. The molecule has 37 heavy (non-hydrogen) atoms. The maximum Gasteiger partial charge on any atom is 0.332 e. The van der Waals surface area contributed by atoms with E-state index < -0.39 is 11.2 Å². The standard InChI is InChI=1S/C24H23N7O5S/c1-28-21-19(22(33)29(2)24(28)34)30(13-26-21)12-17(32)31(11-14-7-5-6-10-25-14)23-27-18-15(35-3)8-9-16(36-4)20(18)37-23/h5-10,13H,11-12H2,1-4H3. The van der Waals surface area contributed by atoms with Crippen LogP contribution in [-0.2, 0) is 32.0 Å². The Morgan fingerprint density at radius 1 is 1.03 bits per heavy atom. The maximum atomic E-state index is 13.8. The number of aryl methyl sites for hydroxylation is 1. The molecule has 0 radical (unpaired) electrons. The van der Waals surface area contributed by atoms with Gasteiger partial charge in [-0.1, -0.05) is 17.4 Å². The van der Waals surface area contributed by atoms with Crippen molar-refractivity contribution < 1.29 is 14.3 Å². The van der Waals surface area contributed by atoms with Gasteiger partial charge in [0.25, 0.3) is 5.56 Å². The molecule has 5 rings (SSSR count). The lowest BCUT2D eigenvalue weighted by molar-refractivity contribution is -0.119. The number of methoxy groups -OCH3 is 2. The summed E-state index contributed by atoms with van der Waals surface area (Å²) >= 11 is 1.28. The SMILES string of the molecule is COc1ccc(OC)c2sc(N(Cc3ccccn3)C(=O)Cn3cnc4c3c(=O)n(C)c(=O)n4C)nc12. The zero-order valence-electron chi connectivity index (χ0n) is 20.5. The number of benzene rings is 1. The third-order valence-electron chi connectivity index (χ3n) is 6.00. The van der Waals surface area contributed by atoms with E-state index >= 15 is 0 Å². The molecule has 5 aromatic rings. The summed E-state index contributed by atoms with van der Waals surface area (Å²) < 4.78 is 15.4. The van der Waals surface area contributed by atoms with E-state index in [9.17, 15) is 14.4 Å². The fraction of sp³-hybridized carbons (Fsp3) is 0.250. The predicted octanol–water partition coefficient (Wildman–Crippen LogP) is 1.69. The van der Waals surface area contributed by atoms with Crippen LogP contribution in [0, 0.1) is 0 Å². The largest absolute Gasteiger partial charge is 0.495 e. The molecule has 13 heteroatoms. The number of fused-ring (bicyclic) bond motifs is 2. The van der Waals surface area contributed by atoms with Crippen LogP contribution in [0.1, 0.15) is 5.69 Å². The molecule has 0 N–H and O–H groups in total. The van der Waals surface area contributed by atoms with E-state index in [1.807, 2.05) is 12.1 Å². The summed E-state index contributed by atoms with van der Waals surface area (Å²) in [7, 11) is 6.03. The van der Waals surface area contributed by atoms with Gasteiger partial charge in [0.05, 0.1) is 32.8 Å². The second-order valence-electron chi connectivity index (χ2n) is 8.20. The molecule has 0 saturated carbocycles. The number of imidazole rings is 1. The Morgan fingerprint density at radius 3 is 2.49 bits per heavy atom. The Kier molecular flexibility index (Phi) is 6.21. The van der Waals surface area contributed by atoms with Gasteiger partial charge >= 0.3 is 5.69 Å². The van der Waals surface area contributed by atoms with Gasteiger partial charge < -0.3 is 14.0 Å². The monoisotopic (exact) mass is 521 g/mol. The van der Waals surface area contributed by atoms with Crippen LogP contribution >= 0.6 is 11.3 Å². The molecule has 0 aliphatic rings. The van der Waals surface area contributed by atoms with Gasteiger partial charge in [-0.2, -0.15) is 0 Å². The number of hydrogen-bond acceptors (Lipinski definition) is 9. The average molecular weight is 522 g/mol. The molecule has 0 aliphatic carbocycles. The van der Waals surface area contributed by atoms with Gasteiger partial charge in [0.1, 0.15) is 28.3 Å². The fourth-order valence-electron chi connectivity index (χ4n) is 4.05. The Balaban J connectivity index is 1.61. The van der Waals surface area contributed by atoms with Crippen molar-refractivity contribution in [1.82, 2.24) is 28.7 Å². The van der Waals surface area contributed by atoms with Gasteiger partial charge in [0.2, 0.25) is 5.91 Å². The molecule has 0 spiro atoms. The van der Waals surface area contributed by atoms with Gasteiger partial charge in [-0.05, 0) is 24.3 Å². The van der Waals surface area contributed by atoms with Crippen LogP contribution in [0.5, 0.6) is 11.5 Å². The Bertz CT molecular complexity index is 1710. The van der Waals surface area contributed by atoms with Gasteiger partial charge in [0, 0.05) is 20.3 Å². The number of carbonyl (C=O) groups is 1. The molecule has 0 bridgehead atoms. The number of nitrogens with zero attached hydrogens (tertiary/aromatic N) is 7. The minimum Gasteiger partial charge on any atom is -0.495 e. The number of carbonyl (C=O) groups excluding carboxylic acids is 1. The molecule has 1 aromatic carbocycles. The zero-order chi connectivity index (χ0) is 26.3. The van der Waals surface area contributed by atoms with Gasteiger partial charge in [-0.3, -0.25) is 28.6 Å². The van der Waals surface area contributed by atoms with E-state index in [0.717, 1.165) is 9.27 Å². The first kappa shape index (κ1) is 24.2. The highest BCUT2D eigenvalue weighted by atomic mass is 32.1. The predicted molar refractivity (Wildman–Crippen MR) is 138 cm³/mol. The van der Waals surface area contributed by atoms with Crippen LogP contribution in [0.25, 0.3) is 21.4 Å². The summed E-state index contributed by atoms with van der Waals surface area (Å²) in [4.78, 5) is 53.7. The van der Waals surface area contributed by atoms with Crippen LogP contribution in [0.3, 0.4) is 0 Å². The summed E-state index contributed by atoms with van der Waals surface area (Å²) in [5.41, 5.74) is 0.549. The van der Waals surface area contributed by atoms with Crippen molar-refractivity contribution in [2.24, 2.45) is 14.1 Å². The topological polar surface area (TPSA) is 126 Å². The van der Waals surface area contributed by atoms with E-state index in [1.165, 1.54) is 45.8 Å². The molecule has 0 aliphatic heterocycles. The van der Waals surface area contributed by atoms with E-state index in [0.29, 0.717) is 27.8 Å². The first-order valence-electron chi connectivity index (χ1n) is 11.2. The van der Waals surface area contributed by atoms with Crippen molar-refractivity contribution in [2.75, 3.05) is 19.1 Å². The van der Waals surface area contributed by atoms with E-state index in [2.05, 4.69) is 9.97 Å². The minimum atomic E-state index is -0.533. The van der Waals surface area contributed by atoms with E-state index in [1.54, 1.807) is 38.6 Å². The molecule has 12 nitrogen and oxygen atoms in total. The van der Waals surface area contributed by atoms with Crippen LogP contribution in [0.15, 0.2) is 52.4 Å². The Morgan fingerprint density at radius 2 is 1.78 bits per heavy atom. The average Bonchev–Trinajstić information content (AvgIpc) is 3.54. The number of pyridine rings is 1. The summed E-state index contributed by atoms with van der Waals surface area (Å²) in [5.74, 6) is 0.807. The molecule has 4 heterocycles. The number of amides is 1. The highest BCUT2D eigenvalue weighted by Crippen LogP contribution is 2.40. The molecular formula is C24H23N7O5S. The Labute approximate surface area is 214 Å². The lowest BCUT2D eigenvalue weighted by Gasteiger charge is -2.20. The minimum absolute atomic E-state index is 0.146. The van der Waals surface area contributed by atoms with Crippen LogP contribution in [-0.4, -0.2) is 48.8 Å². The number of aromatic nitrogens is 6. The van der Waals surface area contributed by atoms with Crippen molar-refractivity contribution in [2.45, 2.75) is 13.1 Å². The van der Waals surface area contributed by atoms with Crippen molar-refractivity contribution in [3.05, 3.63) is 69.4 Å². The summed E-state index contributed by atoms with van der Waals surface area (Å²) in [6, 6.07) is 8.98.